The zero-order valence-corrected chi connectivity index (χ0v) is 10.2. The van der Waals surface area contributed by atoms with Crippen LogP contribution in [0.3, 0.4) is 0 Å². The highest BCUT2D eigenvalue weighted by Crippen LogP contribution is 2.10. The Labute approximate surface area is 104 Å². The van der Waals surface area contributed by atoms with Gasteiger partial charge in [0.25, 0.3) is 0 Å². The van der Waals surface area contributed by atoms with Crippen LogP contribution in [0.25, 0.3) is 0 Å². The van der Waals surface area contributed by atoms with Crippen LogP contribution >= 0.6 is 0 Å². The minimum atomic E-state index is -0.752. The molecule has 0 aromatic carbocycles. The molecule has 18 heavy (non-hydrogen) atoms. The zero-order chi connectivity index (χ0) is 13.4. The summed E-state index contributed by atoms with van der Waals surface area (Å²) in [6, 6.07) is 3.17. The van der Waals surface area contributed by atoms with E-state index in [1.54, 1.807) is 12.1 Å². The Bertz CT molecular complexity index is 405. The van der Waals surface area contributed by atoms with Crippen molar-refractivity contribution in [2.75, 3.05) is 32.7 Å². The summed E-state index contributed by atoms with van der Waals surface area (Å²) in [6.07, 6.45) is 1.40. The van der Waals surface area contributed by atoms with Crippen molar-refractivity contribution in [3.8, 4) is 5.88 Å². The van der Waals surface area contributed by atoms with Crippen molar-refractivity contribution in [3.63, 3.8) is 0 Å². The lowest BCUT2D eigenvalue weighted by molar-refractivity contribution is -0.136. The first-order valence-corrected chi connectivity index (χ1v) is 5.25. The molecule has 2 N–H and O–H groups in total. The van der Waals surface area contributed by atoms with Gasteiger partial charge in [0.05, 0.1) is 25.6 Å². The molecule has 98 valence electrons. The van der Waals surface area contributed by atoms with E-state index in [4.69, 9.17) is 9.47 Å². The fraction of sp³-hybridized carbons (Fsp3) is 0.364. The first-order valence-electron chi connectivity index (χ1n) is 5.25. The molecule has 2 amide bonds. The van der Waals surface area contributed by atoms with Crippen molar-refractivity contribution < 1.29 is 19.1 Å². The third-order valence-electron chi connectivity index (χ3n) is 2.00. The van der Waals surface area contributed by atoms with Gasteiger partial charge in [0.1, 0.15) is 0 Å². The van der Waals surface area contributed by atoms with Crippen molar-refractivity contribution in [2.45, 2.75) is 0 Å². The summed E-state index contributed by atoms with van der Waals surface area (Å²) >= 11 is 0. The maximum atomic E-state index is 11.4. The summed E-state index contributed by atoms with van der Waals surface area (Å²) < 4.78 is 9.62. The van der Waals surface area contributed by atoms with E-state index in [0.29, 0.717) is 18.2 Å². The average Bonchev–Trinajstić information content (AvgIpc) is 2.39. The average molecular weight is 253 g/mol. The summed E-state index contributed by atoms with van der Waals surface area (Å²) in [6.45, 7) is 0.632. The van der Waals surface area contributed by atoms with Gasteiger partial charge in [0, 0.05) is 19.7 Å². The van der Waals surface area contributed by atoms with E-state index in [9.17, 15) is 9.59 Å². The number of pyridine rings is 1. The Morgan fingerprint density at radius 3 is 2.61 bits per heavy atom. The topological polar surface area (TPSA) is 89.5 Å². The first-order chi connectivity index (χ1) is 8.67. The van der Waals surface area contributed by atoms with Crippen LogP contribution in [0.2, 0.25) is 0 Å². The number of rotatable bonds is 5. The number of amides is 2. The van der Waals surface area contributed by atoms with Gasteiger partial charge in [-0.15, -0.1) is 0 Å². The van der Waals surface area contributed by atoms with Gasteiger partial charge in [-0.2, -0.15) is 0 Å². The van der Waals surface area contributed by atoms with E-state index < -0.39 is 11.8 Å². The minimum Gasteiger partial charge on any atom is -0.481 e. The van der Waals surface area contributed by atoms with Gasteiger partial charge in [-0.05, 0) is 6.07 Å². The number of ether oxygens (including phenoxy) is 2. The van der Waals surface area contributed by atoms with E-state index in [2.05, 4.69) is 15.6 Å². The van der Waals surface area contributed by atoms with Crippen LogP contribution in [0, 0.1) is 0 Å². The lowest BCUT2D eigenvalue weighted by Crippen LogP contribution is -2.37. The quantitative estimate of drug-likeness (QED) is 0.560. The van der Waals surface area contributed by atoms with E-state index in [-0.39, 0.29) is 6.54 Å². The number of carbonyl (C=O) groups excluding carboxylic acids is 2. The highest BCUT2D eigenvalue weighted by Gasteiger charge is 2.12. The molecule has 0 radical (unpaired) electrons. The molecule has 7 nitrogen and oxygen atoms in total. The largest absolute Gasteiger partial charge is 0.481 e. The molecule has 1 aromatic rings. The van der Waals surface area contributed by atoms with Crippen LogP contribution in [0.1, 0.15) is 0 Å². The molecule has 0 fully saturated rings. The molecular formula is C11H15N3O4. The molecule has 1 heterocycles. The number of hydrogen-bond donors (Lipinski definition) is 2. The predicted octanol–water partition coefficient (Wildman–Crippen LogP) is -0.209. The Morgan fingerprint density at radius 2 is 2.06 bits per heavy atom. The summed E-state index contributed by atoms with van der Waals surface area (Å²) in [5.41, 5.74) is 0.419. The fourth-order valence-corrected chi connectivity index (χ4v) is 1.11. The molecule has 0 aliphatic carbocycles. The third-order valence-corrected chi connectivity index (χ3v) is 2.00. The standard InChI is InChI=1S/C11H15N3O4/c1-17-6-5-12-10(15)11(16)14-8-3-4-9(18-2)13-7-8/h3-4,7H,5-6H2,1-2H3,(H,12,15)(H,14,16). The van der Waals surface area contributed by atoms with Gasteiger partial charge in [0.2, 0.25) is 5.88 Å². The lowest BCUT2D eigenvalue weighted by atomic mass is 10.4. The summed E-state index contributed by atoms with van der Waals surface area (Å²) in [4.78, 5) is 26.7. The highest BCUT2D eigenvalue weighted by molar-refractivity contribution is 6.39. The van der Waals surface area contributed by atoms with Crippen molar-refractivity contribution in [1.29, 1.82) is 0 Å². The van der Waals surface area contributed by atoms with Crippen LogP contribution in [0.5, 0.6) is 5.88 Å². The Hall–Kier alpha value is -2.15. The van der Waals surface area contributed by atoms with E-state index in [1.807, 2.05) is 0 Å². The molecule has 0 unspecified atom stereocenters. The number of anilines is 1. The van der Waals surface area contributed by atoms with Crippen LogP contribution < -0.4 is 15.4 Å². The number of nitrogens with zero attached hydrogens (tertiary/aromatic N) is 1. The Balaban J connectivity index is 2.45. The molecular weight excluding hydrogens is 238 g/mol. The van der Waals surface area contributed by atoms with E-state index in [1.165, 1.54) is 20.4 Å². The molecule has 0 aliphatic rings. The SMILES string of the molecule is COCCNC(=O)C(=O)Nc1ccc(OC)nc1. The van der Waals surface area contributed by atoms with Gasteiger partial charge in [0.15, 0.2) is 0 Å². The van der Waals surface area contributed by atoms with Gasteiger partial charge >= 0.3 is 11.8 Å². The molecule has 1 rings (SSSR count). The molecule has 0 saturated carbocycles. The number of aromatic nitrogens is 1. The molecule has 0 saturated heterocycles. The third kappa shape index (κ3) is 4.38. The molecule has 0 bridgehead atoms. The summed E-state index contributed by atoms with van der Waals surface area (Å²) in [7, 11) is 3.00. The maximum absolute atomic E-state index is 11.4. The molecule has 0 aliphatic heterocycles. The smallest absolute Gasteiger partial charge is 0.313 e. The minimum absolute atomic E-state index is 0.281. The van der Waals surface area contributed by atoms with Crippen molar-refractivity contribution in [2.24, 2.45) is 0 Å². The second-order valence-corrected chi connectivity index (χ2v) is 3.29. The summed E-state index contributed by atoms with van der Waals surface area (Å²) in [5, 5.41) is 4.82. The van der Waals surface area contributed by atoms with Crippen molar-refractivity contribution in [3.05, 3.63) is 18.3 Å². The zero-order valence-electron chi connectivity index (χ0n) is 10.2. The normalized spacial score (nSPS) is 9.67. The van der Waals surface area contributed by atoms with Gasteiger partial charge in [-0.25, -0.2) is 4.98 Å². The molecule has 7 heteroatoms. The van der Waals surface area contributed by atoms with Crippen molar-refractivity contribution >= 4 is 17.5 Å². The Kier molecular flexibility index (Phi) is 5.59. The second kappa shape index (κ2) is 7.23. The highest BCUT2D eigenvalue weighted by atomic mass is 16.5. The van der Waals surface area contributed by atoms with Crippen LogP contribution in [-0.4, -0.2) is 44.2 Å². The van der Waals surface area contributed by atoms with Crippen LogP contribution in [0.4, 0.5) is 5.69 Å². The van der Waals surface area contributed by atoms with Gasteiger partial charge in [-0.3, -0.25) is 9.59 Å². The Morgan fingerprint density at radius 1 is 1.28 bits per heavy atom. The molecule has 0 spiro atoms. The van der Waals surface area contributed by atoms with Crippen molar-refractivity contribution in [1.82, 2.24) is 10.3 Å². The second-order valence-electron chi connectivity index (χ2n) is 3.29. The number of hydrogen-bond acceptors (Lipinski definition) is 5. The van der Waals surface area contributed by atoms with Crippen LogP contribution in [-0.2, 0) is 14.3 Å². The van der Waals surface area contributed by atoms with Gasteiger partial charge in [-0.1, -0.05) is 0 Å². The first kappa shape index (κ1) is 13.9. The lowest BCUT2D eigenvalue weighted by Gasteiger charge is -2.06. The van der Waals surface area contributed by atoms with E-state index in [0.717, 1.165) is 0 Å². The van der Waals surface area contributed by atoms with Crippen LogP contribution in [0.15, 0.2) is 18.3 Å². The van der Waals surface area contributed by atoms with E-state index >= 15 is 0 Å². The summed E-state index contributed by atoms with van der Waals surface area (Å²) in [5.74, 6) is -1.04. The fourth-order valence-electron chi connectivity index (χ4n) is 1.11. The maximum Gasteiger partial charge on any atom is 0.313 e. The molecule has 1 aromatic heterocycles. The predicted molar refractivity (Wildman–Crippen MR) is 64.3 cm³/mol. The van der Waals surface area contributed by atoms with Gasteiger partial charge < -0.3 is 20.1 Å². The number of carbonyl (C=O) groups is 2. The number of nitrogens with one attached hydrogen (secondary N) is 2. The molecule has 0 atom stereocenters. The monoisotopic (exact) mass is 253 g/mol. The number of methoxy groups -OCH3 is 2.